The molecule has 0 saturated carbocycles. The first-order valence-corrected chi connectivity index (χ1v) is 13.4. The summed E-state index contributed by atoms with van der Waals surface area (Å²) in [5.41, 5.74) is 0. The number of hydrogen-bond acceptors (Lipinski definition) is 3. The highest BCUT2D eigenvalue weighted by Gasteiger charge is 2.21. The molecule has 0 rings (SSSR count). The molecule has 0 fully saturated rings. The van der Waals surface area contributed by atoms with E-state index in [1.165, 1.54) is 77.0 Å². The Bertz CT molecular complexity index is 294. The van der Waals surface area contributed by atoms with Gasteiger partial charge in [-0.05, 0) is 39.0 Å². The average Bonchev–Trinajstić information content (AvgIpc) is 2.68. The van der Waals surface area contributed by atoms with Crippen LogP contribution in [0.1, 0.15) is 131 Å². The van der Waals surface area contributed by atoms with E-state index in [-0.39, 0.29) is 12.2 Å². The zero-order valence-electron chi connectivity index (χ0n) is 20.0. The molecule has 0 aromatic heterocycles. The Kier molecular flexibility index (Phi) is 20.8. The van der Waals surface area contributed by atoms with Crippen molar-refractivity contribution in [1.29, 1.82) is 0 Å². The third-order valence-corrected chi connectivity index (χ3v) is 6.84. The first kappa shape index (κ1) is 28.3. The molecule has 0 N–H and O–H groups in total. The molecule has 0 aliphatic heterocycles. The van der Waals surface area contributed by atoms with E-state index in [0.717, 1.165) is 19.4 Å². The maximum absolute atomic E-state index is 6.25. The first-order valence-electron chi connectivity index (χ1n) is 12.3. The van der Waals surface area contributed by atoms with Gasteiger partial charge in [-0.15, -0.1) is 0 Å². The summed E-state index contributed by atoms with van der Waals surface area (Å²) in [6.45, 7) is 14.2. The number of rotatable bonds is 21. The van der Waals surface area contributed by atoms with E-state index in [1.54, 1.807) is 0 Å². The fraction of sp³-hybridized carbons (Fsp3) is 1.00. The Morgan fingerprint density at radius 2 is 1.11 bits per heavy atom. The summed E-state index contributed by atoms with van der Waals surface area (Å²) < 4.78 is 18.7. The standard InChI is InChI=1S/C24H51O3P/c1-7-11-14-16-18-22(5)26-28(25-21-24(10-4)20-13-9-3)27-23(6)19-17-15-12-8-2/h22-24H,7-21H2,1-6H3. The van der Waals surface area contributed by atoms with Crippen LogP contribution in [0.15, 0.2) is 0 Å². The van der Waals surface area contributed by atoms with Crippen molar-refractivity contribution in [1.82, 2.24) is 0 Å². The van der Waals surface area contributed by atoms with Crippen molar-refractivity contribution in [3.05, 3.63) is 0 Å². The number of hydrogen-bond donors (Lipinski definition) is 0. The minimum atomic E-state index is -1.24. The second-order valence-electron chi connectivity index (χ2n) is 8.47. The lowest BCUT2D eigenvalue weighted by atomic mass is 10.0. The van der Waals surface area contributed by atoms with E-state index in [4.69, 9.17) is 13.6 Å². The van der Waals surface area contributed by atoms with Crippen LogP contribution in [0.5, 0.6) is 0 Å². The van der Waals surface area contributed by atoms with Gasteiger partial charge in [0.1, 0.15) is 0 Å². The summed E-state index contributed by atoms with van der Waals surface area (Å²) in [7, 11) is -1.24. The molecule has 0 saturated heterocycles. The van der Waals surface area contributed by atoms with Crippen LogP contribution in [0.2, 0.25) is 0 Å². The van der Waals surface area contributed by atoms with Gasteiger partial charge in [-0.25, -0.2) is 0 Å². The summed E-state index contributed by atoms with van der Waals surface area (Å²) in [6.07, 6.45) is 17.8. The summed E-state index contributed by atoms with van der Waals surface area (Å²) in [6, 6.07) is 0. The Hall–Kier alpha value is 0.310. The molecule has 4 heteroatoms. The lowest BCUT2D eigenvalue weighted by Crippen LogP contribution is -2.14. The van der Waals surface area contributed by atoms with E-state index in [1.807, 2.05) is 0 Å². The molecule has 0 aliphatic rings. The van der Waals surface area contributed by atoms with Crippen molar-refractivity contribution in [2.75, 3.05) is 6.61 Å². The molecular formula is C24H51O3P. The molecule has 0 spiro atoms. The van der Waals surface area contributed by atoms with E-state index in [9.17, 15) is 0 Å². The summed E-state index contributed by atoms with van der Waals surface area (Å²) >= 11 is 0. The molecule has 0 aromatic rings. The largest absolute Gasteiger partial charge is 0.333 e. The van der Waals surface area contributed by atoms with Crippen molar-refractivity contribution >= 4 is 8.60 Å². The zero-order chi connectivity index (χ0) is 21.0. The molecule has 170 valence electrons. The van der Waals surface area contributed by atoms with Crippen LogP contribution in [0.25, 0.3) is 0 Å². The molecule has 0 bridgehead atoms. The molecule has 0 amide bonds. The minimum absolute atomic E-state index is 0.214. The lowest BCUT2D eigenvalue weighted by molar-refractivity contribution is 0.0823. The fourth-order valence-electron chi connectivity index (χ4n) is 3.27. The van der Waals surface area contributed by atoms with Crippen LogP contribution in [0, 0.1) is 5.92 Å². The summed E-state index contributed by atoms with van der Waals surface area (Å²) in [5.74, 6) is 0.622. The van der Waals surface area contributed by atoms with Crippen molar-refractivity contribution in [2.24, 2.45) is 5.92 Å². The van der Waals surface area contributed by atoms with E-state index >= 15 is 0 Å². The molecular weight excluding hydrogens is 367 g/mol. The first-order chi connectivity index (χ1) is 13.6. The Morgan fingerprint density at radius 1 is 0.607 bits per heavy atom. The van der Waals surface area contributed by atoms with Crippen LogP contribution >= 0.6 is 8.60 Å². The second-order valence-corrected chi connectivity index (χ2v) is 9.59. The van der Waals surface area contributed by atoms with Gasteiger partial charge < -0.3 is 13.6 Å². The smallest absolute Gasteiger partial charge is 0.312 e. The van der Waals surface area contributed by atoms with Gasteiger partial charge in [0, 0.05) is 0 Å². The van der Waals surface area contributed by atoms with Gasteiger partial charge in [-0.3, -0.25) is 0 Å². The average molecular weight is 419 g/mol. The highest BCUT2D eigenvalue weighted by molar-refractivity contribution is 7.41. The van der Waals surface area contributed by atoms with Crippen molar-refractivity contribution < 1.29 is 13.6 Å². The van der Waals surface area contributed by atoms with Crippen molar-refractivity contribution in [3.8, 4) is 0 Å². The van der Waals surface area contributed by atoms with Gasteiger partial charge in [0.2, 0.25) is 0 Å². The molecule has 3 nitrogen and oxygen atoms in total. The lowest BCUT2D eigenvalue weighted by Gasteiger charge is -2.25. The van der Waals surface area contributed by atoms with Gasteiger partial charge in [-0.2, -0.15) is 0 Å². The highest BCUT2D eigenvalue weighted by atomic mass is 31.2. The minimum Gasteiger partial charge on any atom is -0.312 e. The summed E-state index contributed by atoms with van der Waals surface area (Å²) in [4.78, 5) is 0. The third-order valence-electron chi connectivity index (χ3n) is 5.42. The van der Waals surface area contributed by atoms with E-state index in [2.05, 4.69) is 41.5 Å². The van der Waals surface area contributed by atoms with Crippen LogP contribution < -0.4 is 0 Å². The van der Waals surface area contributed by atoms with Crippen molar-refractivity contribution in [3.63, 3.8) is 0 Å². The maximum Gasteiger partial charge on any atom is 0.333 e. The molecule has 3 atom stereocenters. The van der Waals surface area contributed by atoms with E-state index in [0.29, 0.717) is 5.92 Å². The fourth-order valence-corrected chi connectivity index (χ4v) is 4.57. The van der Waals surface area contributed by atoms with Gasteiger partial charge >= 0.3 is 8.60 Å². The Morgan fingerprint density at radius 3 is 1.54 bits per heavy atom. The quantitative estimate of drug-likeness (QED) is 0.137. The Balaban J connectivity index is 4.45. The number of unbranched alkanes of at least 4 members (excludes halogenated alkanes) is 7. The Labute approximate surface area is 178 Å². The van der Waals surface area contributed by atoms with Gasteiger partial charge in [0.25, 0.3) is 0 Å². The zero-order valence-corrected chi connectivity index (χ0v) is 20.9. The second kappa shape index (κ2) is 20.6. The predicted molar refractivity (Wildman–Crippen MR) is 125 cm³/mol. The predicted octanol–water partition coefficient (Wildman–Crippen LogP) is 9.20. The van der Waals surface area contributed by atoms with Crippen LogP contribution in [0.3, 0.4) is 0 Å². The summed E-state index contributed by atoms with van der Waals surface area (Å²) in [5, 5.41) is 0. The molecule has 0 radical (unpaired) electrons. The SMILES string of the molecule is CCCCCCC(C)OP(OCC(CC)CCCC)OC(C)CCCCCC. The van der Waals surface area contributed by atoms with Crippen LogP contribution in [0.4, 0.5) is 0 Å². The van der Waals surface area contributed by atoms with Crippen LogP contribution in [-0.2, 0) is 13.6 Å². The topological polar surface area (TPSA) is 27.7 Å². The van der Waals surface area contributed by atoms with Gasteiger partial charge in [0.05, 0.1) is 18.8 Å². The van der Waals surface area contributed by atoms with Gasteiger partial charge in [-0.1, -0.05) is 98.3 Å². The highest BCUT2D eigenvalue weighted by Crippen LogP contribution is 2.44. The molecule has 3 unspecified atom stereocenters. The van der Waals surface area contributed by atoms with Gasteiger partial charge in [0.15, 0.2) is 0 Å². The molecule has 28 heavy (non-hydrogen) atoms. The third kappa shape index (κ3) is 17.2. The molecule has 0 aromatic carbocycles. The molecule has 0 aliphatic carbocycles. The van der Waals surface area contributed by atoms with Crippen LogP contribution in [-0.4, -0.2) is 18.8 Å². The van der Waals surface area contributed by atoms with Crippen molar-refractivity contribution in [2.45, 2.75) is 144 Å². The maximum atomic E-state index is 6.25. The monoisotopic (exact) mass is 418 g/mol. The molecule has 0 heterocycles. The van der Waals surface area contributed by atoms with E-state index < -0.39 is 8.60 Å². The normalized spacial score (nSPS) is 16.1.